The van der Waals surface area contributed by atoms with Gasteiger partial charge in [0.05, 0.1) is 17.1 Å². The zero-order valence-electron chi connectivity index (χ0n) is 14.1. The van der Waals surface area contributed by atoms with Crippen molar-refractivity contribution < 1.29 is 17.6 Å². The normalized spacial score (nSPS) is 11.3. The molecule has 1 aromatic heterocycles. The molecular formula is C17H15FN4O3S2. The van der Waals surface area contributed by atoms with Crippen LogP contribution in [0, 0.1) is 12.7 Å². The zero-order chi connectivity index (χ0) is 19.4. The van der Waals surface area contributed by atoms with Gasteiger partial charge in [-0.2, -0.15) is 0 Å². The van der Waals surface area contributed by atoms with Crippen molar-refractivity contribution in [2.45, 2.75) is 18.4 Å². The number of amides is 1. The van der Waals surface area contributed by atoms with Crippen molar-refractivity contribution >= 4 is 33.0 Å². The van der Waals surface area contributed by atoms with Gasteiger partial charge in [0, 0.05) is 0 Å². The molecule has 3 rings (SSSR count). The lowest BCUT2D eigenvalue weighted by Gasteiger charge is -2.05. The number of rotatable bonds is 6. The Kier molecular flexibility index (Phi) is 5.59. The van der Waals surface area contributed by atoms with E-state index in [0.29, 0.717) is 5.01 Å². The first-order chi connectivity index (χ1) is 12.8. The topological polar surface area (TPSA) is 101 Å². The van der Waals surface area contributed by atoms with E-state index < -0.39 is 21.7 Å². The molecule has 3 aromatic rings. The van der Waals surface area contributed by atoms with Crippen LogP contribution in [0.15, 0.2) is 53.4 Å². The number of aryl methyl sites for hydroxylation is 1. The van der Waals surface area contributed by atoms with Gasteiger partial charge >= 0.3 is 0 Å². The molecule has 140 valence electrons. The van der Waals surface area contributed by atoms with Gasteiger partial charge in [-0.05, 0) is 31.2 Å². The fourth-order valence-corrected chi connectivity index (χ4v) is 3.87. The molecule has 1 amide bonds. The van der Waals surface area contributed by atoms with Crippen LogP contribution in [-0.2, 0) is 16.6 Å². The molecule has 0 aliphatic rings. The van der Waals surface area contributed by atoms with Crippen molar-refractivity contribution in [1.82, 2.24) is 14.9 Å². The van der Waals surface area contributed by atoms with Crippen molar-refractivity contribution in [2.24, 2.45) is 0 Å². The Morgan fingerprint density at radius 3 is 2.52 bits per heavy atom. The first-order valence-electron chi connectivity index (χ1n) is 7.80. The molecular weight excluding hydrogens is 391 g/mol. The fourth-order valence-electron chi connectivity index (χ4n) is 2.11. The Morgan fingerprint density at radius 2 is 1.81 bits per heavy atom. The third kappa shape index (κ3) is 4.73. The molecule has 0 unspecified atom stereocenters. The lowest BCUT2D eigenvalue weighted by molar-refractivity contribution is 0.102. The first-order valence-corrected chi connectivity index (χ1v) is 10.1. The van der Waals surface area contributed by atoms with Crippen LogP contribution in [0.3, 0.4) is 0 Å². The summed E-state index contributed by atoms with van der Waals surface area (Å²) in [7, 11) is -3.70. The summed E-state index contributed by atoms with van der Waals surface area (Å²) in [5.41, 5.74) is 0.975. The molecule has 27 heavy (non-hydrogen) atoms. The number of hydrogen-bond acceptors (Lipinski definition) is 6. The van der Waals surface area contributed by atoms with Gasteiger partial charge < -0.3 is 5.32 Å². The van der Waals surface area contributed by atoms with Crippen molar-refractivity contribution in [3.8, 4) is 0 Å². The predicted octanol–water partition coefficient (Wildman–Crippen LogP) is 2.72. The highest BCUT2D eigenvalue weighted by Gasteiger charge is 2.17. The summed E-state index contributed by atoms with van der Waals surface area (Å²) in [5.74, 6) is -1.19. The largest absolute Gasteiger partial charge is 0.317 e. The van der Waals surface area contributed by atoms with Gasteiger partial charge in [0.15, 0.2) is 0 Å². The number of carbonyl (C=O) groups excluding carboxylic acids is 1. The average molecular weight is 406 g/mol. The van der Waals surface area contributed by atoms with Crippen molar-refractivity contribution in [3.63, 3.8) is 0 Å². The van der Waals surface area contributed by atoms with Crippen LogP contribution in [-0.4, -0.2) is 24.5 Å². The molecule has 0 fully saturated rings. The Labute approximate surface area is 159 Å². The quantitative estimate of drug-likeness (QED) is 0.655. The maximum absolute atomic E-state index is 13.6. The minimum atomic E-state index is -3.70. The van der Waals surface area contributed by atoms with Gasteiger partial charge in [0.25, 0.3) is 5.91 Å². The molecule has 7 nitrogen and oxygen atoms in total. The summed E-state index contributed by atoms with van der Waals surface area (Å²) >= 11 is 0.921. The van der Waals surface area contributed by atoms with E-state index in [-0.39, 0.29) is 22.1 Å². The van der Waals surface area contributed by atoms with Crippen LogP contribution in [0.4, 0.5) is 10.1 Å². The van der Waals surface area contributed by atoms with E-state index in [1.807, 2.05) is 6.92 Å². The van der Waals surface area contributed by atoms with Gasteiger partial charge in [-0.3, -0.25) is 4.79 Å². The maximum Gasteiger partial charge on any atom is 0.286 e. The van der Waals surface area contributed by atoms with E-state index in [0.717, 1.165) is 16.9 Å². The minimum absolute atomic E-state index is 0.00258. The number of aromatic nitrogens is 2. The van der Waals surface area contributed by atoms with E-state index in [1.165, 1.54) is 30.3 Å². The SMILES string of the molecule is Cc1ccc(S(=O)(=O)NCc2nnc(C(=O)Nc3ccccc3F)s2)cc1. The maximum atomic E-state index is 13.6. The molecule has 0 atom stereocenters. The van der Waals surface area contributed by atoms with Crippen LogP contribution >= 0.6 is 11.3 Å². The second kappa shape index (κ2) is 7.91. The highest BCUT2D eigenvalue weighted by molar-refractivity contribution is 7.89. The van der Waals surface area contributed by atoms with Crippen LogP contribution in [0.25, 0.3) is 0 Å². The fraction of sp³-hybridized carbons (Fsp3) is 0.118. The minimum Gasteiger partial charge on any atom is -0.317 e. The van der Waals surface area contributed by atoms with Crippen LogP contribution in [0.5, 0.6) is 0 Å². The number of anilines is 1. The molecule has 0 saturated heterocycles. The monoisotopic (exact) mass is 406 g/mol. The number of nitrogens with zero attached hydrogens (tertiary/aromatic N) is 2. The summed E-state index contributed by atoms with van der Waals surface area (Å²) in [6.45, 7) is 1.75. The van der Waals surface area contributed by atoms with Crippen molar-refractivity contribution in [1.29, 1.82) is 0 Å². The first kappa shape index (κ1) is 19.1. The van der Waals surface area contributed by atoms with Crippen LogP contribution < -0.4 is 10.0 Å². The van der Waals surface area contributed by atoms with E-state index in [1.54, 1.807) is 18.2 Å². The van der Waals surface area contributed by atoms with E-state index in [9.17, 15) is 17.6 Å². The lowest BCUT2D eigenvalue weighted by Crippen LogP contribution is -2.23. The number of carbonyl (C=O) groups is 1. The molecule has 1 heterocycles. The van der Waals surface area contributed by atoms with E-state index >= 15 is 0 Å². The molecule has 2 N–H and O–H groups in total. The number of para-hydroxylation sites is 1. The average Bonchev–Trinajstić information content (AvgIpc) is 3.12. The lowest BCUT2D eigenvalue weighted by atomic mass is 10.2. The van der Waals surface area contributed by atoms with Gasteiger partial charge in [-0.15, -0.1) is 10.2 Å². The van der Waals surface area contributed by atoms with E-state index in [2.05, 4.69) is 20.2 Å². The standard InChI is InChI=1S/C17H15FN4O3S2/c1-11-6-8-12(9-7-11)27(24,25)19-10-15-21-22-17(26-15)16(23)20-14-5-3-2-4-13(14)18/h2-9,19H,10H2,1H3,(H,20,23). The number of hydrogen-bond donors (Lipinski definition) is 2. The molecule has 0 radical (unpaired) electrons. The number of benzene rings is 2. The molecule has 0 saturated carbocycles. The Balaban J connectivity index is 1.65. The number of sulfonamides is 1. The highest BCUT2D eigenvalue weighted by atomic mass is 32.2. The van der Waals surface area contributed by atoms with Gasteiger partial charge in [0.1, 0.15) is 10.8 Å². The molecule has 0 bridgehead atoms. The molecule has 0 aliphatic heterocycles. The smallest absolute Gasteiger partial charge is 0.286 e. The Bertz CT molecular complexity index is 1070. The number of nitrogens with one attached hydrogen (secondary N) is 2. The third-order valence-corrected chi connectivity index (χ3v) is 5.87. The molecule has 10 heteroatoms. The second-order valence-electron chi connectivity index (χ2n) is 5.57. The molecule has 0 spiro atoms. The summed E-state index contributed by atoms with van der Waals surface area (Å²) in [6.07, 6.45) is 0. The third-order valence-electron chi connectivity index (χ3n) is 3.53. The molecule has 2 aromatic carbocycles. The van der Waals surface area contributed by atoms with Crippen LogP contribution in [0.1, 0.15) is 20.4 Å². The van der Waals surface area contributed by atoms with Crippen molar-refractivity contribution in [3.05, 3.63) is 69.9 Å². The van der Waals surface area contributed by atoms with Gasteiger partial charge in [-0.25, -0.2) is 17.5 Å². The van der Waals surface area contributed by atoms with Gasteiger partial charge in [-0.1, -0.05) is 41.2 Å². The summed E-state index contributed by atoms with van der Waals surface area (Å²) in [5, 5.41) is 10.2. The second-order valence-corrected chi connectivity index (χ2v) is 8.40. The summed E-state index contributed by atoms with van der Waals surface area (Å²) in [6, 6.07) is 12.1. The molecule has 0 aliphatic carbocycles. The van der Waals surface area contributed by atoms with E-state index in [4.69, 9.17) is 0 Å². The summed E-state index contributed by atoms with van der Waals surface area (Å²) in [4.78, 5) is 12.3. The predicted molar refractivity (Wildman–Crippen MR) is 99.5 cm³/mol. The zero-order valence-corrected chi connectivity index (χ0v) is 15.8. The Morgan fingerprint density at radius 1 is 1.11 bits per heavy atom. The van der Waals surface area contributed by atoms with Crippen LogP contribution in [0.2, 0.25) is 0 Å². The number of halogens is 1. The van der Waals surface area contributed by atoms with Crippen molar-refractivity contribution in [2.75, 3.05) is 5.32 Å². The summed E-state index contributed by atoms with van der Waals surface area (Å²) < 4.78 is 40.5. The Hall–Kier alpha value is -2.69. The van der Waals surface area contributed by atoms with Gasteiger partial charge in [0.2, 0.25) is 15.0 Å². The highest BCUT2D eigenvalue weighted by Crippen LogP contribution is 2.17.